The van der Waals surface area contributed by atoms with E-state index in [0.717, 1.165) is 38.9 Å². The van der Waals surface area contributed by atoms with Crippen LogP contribution in [0.5, 0.6) is 0 Å². The number of carboxylic acid groups (broad SMARTS) is 1. The average Bonchev–Trinajstić information content (AvgIpc) is 3.22. The molecule has 1 aromatic carbocycles. The second kappa shape index (κ2) is 11.1. The molecule has 0 aromatic heterocycles. The third-order valence-electron chi connectivity index (χ3n) is 6.04. The lowest BCUT2D eigenvalue weighted by Crippen LogP contribution is -2.46. The molecular formula is C22H29F3N2O5. The molecule has 3 heterocycles. The van der Waals surface area contributed by atoms with Crippen LogP contribution in [0.3, 0.4) is 0 Å². The monoisotopic (exact) mass is 458 g/mol. The third kappa shape index (κ3) is 6.91. The molecule has 0 bridgehead atoms. The number of carbonyl (C=O) groups excluding carboxylic acids is 1. The van der Waals surface area contributed by atoms with Crippen molar-refractivity contribution in [3.05, 3.63) is 35.9 Å². The molecule has 4 rings (SSSR count). The number of rotatable bonds is 4. The SMILES string of the molecule is O=C(O)C(F)(F)F.O=C([C@@H]1C[C@@H]2CCN(CCc3ccccc3)C[C@@H]2O1)N1CCOCC1. The molecule has 178 valence electrons. The molecule has 0 spiro atoms. The van der Waals surface area contributed by atoms with E-state index in [4.69, 9.17) is 19.4 Å². The Bertz CT molecular complexity index is 756. The smallest absolute Gasteiger partial charge is 0.475 e. The maximum atomic E-state index is 12.7. The van der Waals surface area contributed by atoms with Gasteiger partial charge in [-0.3, -0.25) is 4.79 Å². The quantitative estimate of drug-likeness (QED) is 0.746. The molecule has 10 heteroatoms. The number of piperidine rings is 1. The summed E-state index contributed by atoms with van der Waals surface area (Å²) < 4.78 is 43.3. The Morgan fingerprint density at radius 2 is 1.75 bits per heavy atom. The lowest BCUT2D eigenvalue weighted by molar-refractivity contribution is -0.192. The number of amides is 1. The van der Waals surface area contributed by atoms with E-state index in [0.29, 0.717) is 32.2 Å². The summed E-state index contributed by atoms with van der Waals surface area (Å²) in [4.78, 5) is 26.0. The van der Waals surface area contributed by atoms with Crippen LogP contribution >= 0.6 is 0 Å². The van der Waals surface area contributed by atoms with Gasteiger partial charge in [-0.05, 0) is 37.3 Å². The highest BCUT2D eigenvalue weighted by Gasteiger charge is 2.43. The van der Waals surface area contributed by atoms with Crippen LogP contribution < -0.4 is 0 Å². The molecule has 0 aliphatic carbocycles. The Balaban J connectivity index is 0.000000360. The number of halogens is 3. The first-order valence-electron chi connectivity index (χ1n) is 10.8. The Labute approximate surface area is 185 Å². The van der Waals surface area contributed by atoms with E-state index < -0.39 is 12.1 Å². The van der Waals surface area contributed by atoms with Crippen molar-refractivity contribution in [3.8, 4) is 0 Å². The van der Waals surface area contributed by atoms with Crippen LogP contribution in [0, 0.1) is 5.92 Å². The van der Waals surface area contributed by atoms with Gasteiger partial charge in [0.25, 0.3) is 5.91 Å². The molecule has 32 heavy (non-hydrogen) atoms. The van der Waals surface area contributed by atoms with Gasteiger partial charge in [0.05, 0.1) is 19.3 Å². The minimum Gasteiger partial charge on any atom is -0.475 e. The second-order valence-electron chi connectivity index (χ2n) is 8.22. The molecule has 0 unspecified atom stereocenters. The van der Waals surface area contributed by atoms with E-state index in [2.05, 4.69) is 35.2 Å². The molecule has 1 N–H and O–H groups in total. The first-order chi connectivity index (χ1) is 15.2. The topological polar surface area (TPSA) is 79.3 Å². The van der Waals surface area contributed by atoms with Gasteiger partial charge in [0.2, 0.25) is 0 Å². The highest BCUT2D eigenvalue weighted by atomic mass is 19.4. The first-order valence-corrected chi connectivity index (χ1v) is 10.8. The number of nitrogens with zero attached hydrogens (tertiary/aromatic N) is 2. The summed E-state index contributed by atoms with van der Waals surface area (Å²) in [5.74, 6) is -2.04. The third-order valence-corrected chi connectivity index (χ3v) is 6.04. The van der Waals surface area contributed by atoms with Crippen LogP contribution in [0.4, 0.5) is 13.2 Å². The number of carboxylic acids is 1. The van der Waals surface area contributed by atoms with Crippen LogP contribution in [0.1, 0.15) is 18.4 Å². The molecule has 1 amide bonds. The van der Waals surface area contributed by atoms with E-state index in [9.17, 15) is 18.0 Å². The Morgan fingerprint density at radius 1 is 1.09 bits per heavy atom. The minimum absolute atomic E-state index is 0.175. The fraction of sp³-hybridized carbons (Fsp3) is 0.636. The zero-order valence-electron chi connectivity index (χ0n) is 17.8. The van der Waals surface area contributed by atoms with E-state index in [1.165, 1.54) is 5.56 Å². The van der Waals surface area contributed by atoms with E-state index in [1.54, 1.807) is 0 Å². The predicted molar refractivity (Wildman–Crippen MR) is 109 cm³/mol. The first kappa shape index (κ1) is 24.5. The zero-order chi connectivity index (χ0) is 23.1. The summed E-state index contributed by atoms with van der Waals surface area (Å²) in [5, 5.41) is 7.12. The summed E-state index contributed by atoms with van der Waals surface area (Å²) in [6, 6.07) is 10.6. The number of fused-ring (bicyclic) bond motifs is 1. The van der Waals surface area contributed by atoms with E-state index in [-0.39, 0.29) is 18.1 Å². The van der Waals surface area contributed by atoms with E-state index >= 15 is 0 Å². The van der Waals surface area contributed by atoms with Gasteiger partial charge in [-0.15, -0.1) is 0 Å². The Kier molecular flexibility index (Phi) is 8.50. The number of hydrogen-bond donors (Lipinski definition) is 1. The lowest BCUT2D eigenvalue weighted by atomic mass is 9.91. The molecule has 3 fully saturated rings. The van der Waals surface area contributed by atoms with Gasteiger partial charge in [0, 0.05) is 26.2 Å². The highest BCUT2D eigenvalue weighted by Crippen LogP contribution is 2.34. The van der Waals surface area contributed by atoms with Gasteiger partial charge in [-0.2, -0.15) is 13.2 Å². The van der Waals surface area contributed by atoms with Crippen LogP contribution in [-0.2, 0) is 25.5 Å². The number of hydrogen-bond acceptors (Lipinski definition) is 5. The molecule has 0 saturated carbocycles. The van der Waals surface area contributed by atoms with Crippen molar-refractivity contribution in [3.63, 3.8) is 0 Å². The molecule has 7 nitrogen and oxygen atoms in total. The average molecular weight is 458 g/mol. The molecule has 3 saturated heterocycles. The largest absolute Gasteiger partial charge is 0.490 e. The summed E-state index contributed by atoms with van der Waals surface area (Å²) in [7, 11) is 0. The predicted octanol–water partition coefficient (Wildman–Crippen LogP) is 2.20. The fourth-order valence-corrected chi connectivity index (χ4v) is 4.28. The number of benzene rings is 1. The minimum atomic E-state index is -5.08. The Morgan fingerprint density at radius 3 is 2.38 bits per heavy atom. The summed E-state index contributed by atoms with van der Waals surface area (Å²) in [6.45, 7) is 5.87. The van der Waals surface area contributed by atoms with Gasteiger partial charge in [-0.1, -0.05) is 30.3 Å². The van der Waals surface area contributed by atoms with Crippen molar-refractivity contribution >= 4 is 11.9 Å². The number of ether oxygens (including phenoxy) is 2. The van der Waals surface area contributed by atoms with Crippen LogP contribution in [0.25, 0.3) is 0 Å². The summed E-state index contributed by atoms with van der Waals surface area (Å²) >= 11 is 0. The number of aliphatic carboxylic acids is 1. The molecular weight excluding hydrogens is 429 g/mol. The number of carbonyl (C=O) groups is 2. The van der Waals surface area contributed by atoms with Crippen LogP contribution in [0.15, 0.2) is 30.3 Å². The normalized spacial score (nSPS) is 26.1. The van der Waals surface area contributed by atoms with Gasteiger partial charge in [-0.25, -0.2) is 4.79 Å². The van der Waals surface area contributed by atoms with Crippen molar-refractivity contribution in [2.75, 3.05) is 45.9 Å². The lowest BCUT2D eigenvalue weighted by Gasteiger charge is -2.34. The van der Waals surface area contributed by atoms with Gasteiger partial charge >= 0.3 is 12.1 Å². The molecule has 1 aromatic rings. The molecule has 3 aliphatic rings. The van der Waals surface area contributed by atoms with Crippen molar-refractivity contribution < 1.29 is 37.3 Å². The van der Waals surface area contributed by atoms with Crippen molar-refractivity contribution in [2.24, 2.45) is 5.92 Å². The molecule has 3 aliphatic heterocycles. The highest BCUT2D eigenvalue weighted by molar-refractivity contribution is 5.81. The van der Waals surface area contributed by atoms with Gasteiger partial charge in [0.15, 0.2) is 0 Å². The number of alkyl halides is 3. The zero-order valence-corrected chi connectivity index (χ0v) is 17.8. The fourth-order valence-electron chi connectivity index (χ4n) is 4.28. The van der Waals surface area contributed by atoms with Gasteiger partial charge in [0.1, 0.15) is 6.10 Å². The number of morpholine rings is 1. The van der Waals surface area contributed by atoms with E-state index in [1.807, 2.05) is 4.90 Å². The molecule has 0 radical (unpaired) electrons. The summed E-state index contributed by atoms with van der Waals surface area (Å²) in [6.07, 6.45) is -1.98. The standard InChI is InChI=1S/C20H28N2O3.C2HF3O2/c23-20(22-10-12-24-13-11-22)18-14-17-7-9-21(15-19(17)25-18)8-6-16-4-2-1-3-5-16;3-2(4,5)1(6)7/h1-5,17-19H,6-15H2;(H,6,7)/t17-,18-,19-;/m0./s1. The Hall–Kier alpha value is -2.17. The van der Waals surface area contributed by atoms with Gasteiger partial charge < -0.3 is 24.4 Å². The van der Waals surface area contributed by atoms with Crippen molar-refractivity contribution in [1.29, 1.82) is 0 Å². The van der Waals surface area contributed by atoms with Crippen LogP contribution in [0.2, 0.25) is 0 Å². The van der Waals surface area contributed by atoms with Crippen LogP contribution in [-0.4, -0.2) is 91.1 Å². The summed E-state index contributed by atoms with van der Waals surface area (Å²) in [5.41, 5.74) is 1.39. The van der Waals surface area contributed by atoms with Crippen molar-refractivity contribution in [2.45, 2.75) is 37.6 Å². The van der Waals surface area contributed by atoms with Crippen molar-refractivity contribution in [1.82, 2.24) is 9.80 Å². The second-order valence-corrected chi connectivity index (χ2v) is 8.22. The maximum absolute atomic E-state index is 12.7. The number of likely N-dealkylation sites (tertiary alicyclic amines) is 1. The maximum Gasteiger partial charge on any atom is 0.490 e. The molecule has 3 atom stereocenters.